The van der Waals surface area contributed by atoms with Crippen molar-refractivity contribution in [2.75, 3.05) is 78.5 Å². The number of benzene rings is 2. The molecule has 5 N–H and O–H groups in total. The fourth-order valence-electron chi connectivity index (χ4n) is 5.97. The van der Waals surface area contributed by atoms with Gasteiger partial charge in [-0.05, 0) is 97.7 Å². The van der Waals surface area contributed by atoms with E-state index >= 15 is 0 Å². The SMILES string of the molecule is C.CC(C)(C)OC(=O)N1CCN(c2nc(Cl)ncc2Cl)CC1.CC(C)(C)OC(=O)Nc1ccccc1Cc1ncc(Cl)c(N2CCNCC2)n1.CC(C)(C)OC(=O)Nc1ccccc1N. The van der Waals surface area contributed by atoms with Gasteiger partial charge in [-0.15, -0.1) is 0 Å². The first-order chi connectivity index (χ1) is 30.0. The largest absolute Gasteiger partial charge is 0.444 e. The van der Waals surface area contributed by atoms with Crippen LogP contribution in [-0.4, -0.2) is 112 Å². The fraction of sp³-hybridized carbons (Fsp3) is 0.489. The van der Waals surface area contributed by atoms with Crippen LogP contribution in [0.5, 0.6) is 0 Å². The van der Waals surface area contributed by atoms with Crippen LogP contribution >= 0.6 is 34.8 Å². The second-order valence-corrected chi connectivity index (χ2v) is 18.8. The van der Waals surface area contributed by atoms with Crippen molar-refractivity contribution in [3.63, 3.8) is 0 Å². The van der Waals surface area contributed by atoms with Crippen molar-refractivity contribution >= 4 is 81.8 Å². The van der Waals surface area contributed by atoms with Gasteiger partial charge in [0, 0.05) is 64.5 Å². The molecule has 17 nitrogen and oxygen atoms in total. The number of amides is 3. The third kappa shape index (κ3) is 18.9. The fourth-order valence-corrected chi connectivity index (χ4v) is 6.52. The number of nitrogens with two attached hydrogens (primary N) is 1. The highest BCUT2D eigenvalue weighted by Gasteiger charge is 2.27. The van der Waals surface area contributed by atoms with Crippen LogP contribution in [0, 0.1) is 0 Å². The van der Waals surface area contributed by atoms with Crippen molar-refractivity contribution in [3.05, 3.63) is 87.6 Å². The summed E-state index contributed by atoms with van der Waals surface area (Å²) in [6, 6.07) is 14.6. The monoisotopic (exact) mass is 959 g/mol. The highest BCUT2D eigenvalue weighted by molar-refractivity contribution is 6.33. The molecular formula is C45H64Cl3N11O6. The van der Waals surface area contributed by atoms with E-state index in [0.717, 1.165) is 37.6 Å². The molecular weight excluding hydrogens is 897 g/mol. The number of aromatic nitrogens is 4. The Bertz CT molecular complexity index is 2180. The number of nitrogen functional groups attached to an aromatic ring is 1. The number of nitrogens with one attached hydrogen (secondary N) is 3. The third-order valence-electron chi connectivity index (χ3n) is 8.72. The van der Waals surface area contributed by atoms with Crippen LogP contribution < -0.4 is 31.5 Å². The van der Waals surface area contributed by atoms with Crippen molar-refractivity contribution in [1.82, 2.24) is 30.2 Å². The Morgan fingerprint density at radius 2 is 1.14 bits per heavy atom. The number of hydrogen-bond donors (Lipinski definition) is 4. The summed E-state index contributed by atoms with van der Waals surface area (Å²) in [7, 11) is 0. The zero-order valence-electron chi connectivity index (χ0n) is 37.9. The molecule has 0 aliphatic carbocycles. The van der Waals surface area contributed by atoms with Crippen LogP contribution in [0.15, 0.2) is 60.9 Å². The van der Waals surface area contributed by atoms with E-state index in [4.69, 9.17) is 54.7 Å². The molecule has 4 heterocycles. The minimum atomic E-state index is -0.559. The maximum absolute atomic E-state index is 12.1. The Morgan fingerprint density at radius 1 is 0.662 bits per heavy atom. The third-order valence-corrected chi connectivity index (χ3v) is 9.43. The van der Waals surface area contributed by atoms with E-state index in [-0.39, 0.29) is 18.8 Å². The number of rotatable bonds is 6. The topological polar surface area (TPSA) is 202 Å². The molecule has 0 unspecified atom stereocenters. The van der Waals surface area contributed by atoms with Crippen molar-refractivity contribution in [1.29, 1.82) is 0 Å². The minimum absolute atomic E-state index is 0. The van der Waals surface area contributed by atoms with Crippen molar-refractivity contribution < 1.29 is 28.6 Å². The molecule has 0 saturated carbocycles. The Labute approximate surface area is 398 Å². The summed E-state index contributed by atoms with van der Waals surface area (Å²) in [6.45, 7) is 22.3. The number of ether oxygens (including phenoxy) is 3. The first-order valence-corrected chi connectivity index (χ1v) is 21.9. The summed E-state index contributed by atoms with van der Waals surface area (Å²) in [5.41, 5.74) is 6.77. The van der Waals surface area contributed by atoms with Crippen LogP contribution in [0.4, 0.5) is 43.1 Å². The van der Waals surface area contributed by atoms with E-state index in [0.29, 0.717) is 71.3 Å². The molecule has 0 atom stereocenters. The van der Waals surface area contributed by atoms with Gasteiger partial charge < -0.3 is 40.0 Å². The normalized spacial score (nSPS) is 14.0. The van der Waals surface area contributed by atoms with Gasteiger partial charge >= 0.3 is 18.3 Å². The summed E-state index contributed by atoms with van der Waals surface area (Å²) in [4.78, 5) is 58.4. The van der Waals surface area contributed by atoms with Crippen molar-refractivity contribution in [2.24, 2.45) is 0 Å². The van der Waals surface area contributed by atoms with Gasteiger partial charge in [-0.3, -0.25) is 10.6 Å². The van der Waals surface area contributed by atoms with Crippen LogP contribution in [0.25, 0.3) is 0 Å². The lowest BCUT2D eigenvalue weighted by molar-refractivity contribution is 0.0239. The van der Waals surface area contributed by atoms with E-state index in [9.17, 15) is 14.4 Å². The molecule has 20 heteroatoms. The quantitative estimate of drug-likeness (QED) is 0.0808. The number of para-hydroxylation sites is 3. The maximum Gasteiger partial charge on any atom is 0.412 e. The minimum Gasteiger partial charge on any atom is -0.444 e. The summed E-state index contributed by atoms with van der Waals surface area (Å²) >= 11 is 18.2. The molecule has 2 fully saturated rings. The Kier molecular flexibility index (Phi) is 20.1. The van der Waals surface area contributed by atoms with E-state index in [1.54, 1.807) is 56.1 Å². The molecule has 2 aromatic carbocycles. The Morgan fingerprint density at radius 3 is 1.69 bits per heavy atom. The van der Waals surface area contributed by atoms with Crippen LogP contribution in [-0.2, 0) is 20.6 Å². The molecule has 6 rings (SSSR count). The van der Waals surface area contributed by atoms with Gasteiger partial charge in [0.2, 0.25) is 5.28 Å². The lowest BCUT2D eigenvalue weighted by Gasteiger charge is -2.36. The smallest absolute Gasteiger partial charge is 0.412 e. The number of carbonyl (C=O) groups excluding carboxylic acids is 3. The van der Waals surface area contributed by atoms with Gasteiger partial charge in [0.05, 0.1) is 23.8 Å². The molecule has 2 aliphatic heterocycles. The van der Waals surface area contributed by atoms with E-state index < -0.39 is 29.0 Å². The molecule has 3 amide bonds. The molecule has 2 aliphatic rings. The summed E-state index contributed by atoms with van der Waals surface area (Å²) < 4.78 is 15.8. The zero-order valence-corrected chi connectivity index (χ0v) is 40.2. The molecule has 2 saturated heterocycles. The van der Waals surface area contributed by atoms with Gasteiger partial charge in [0.25, 0.3) is 0 Å². The summed E-state index contributed by atoms with van der Waals surface area (Å²) in [6.07, 6.45) is 2.31. The maximum atomic E-state index is 12.1. The number of carbonyl (C=O) groups is 3. The molecule has 0 bridgehead atoms. The lowest BCUT2D eigenvalue weighted by atomic mass is 10.1. The molecule has 0 radical (unpaired) electrons. The first-order valence-electron chi connectivity index (χ1n) is 20.8. The molecule has 4 aromatic rings. The number of piperazine rings is 2. The number of halogens is 3. The predicted octanol–water partition coefficient (Wildman–Crippen LogP) is 9.57. The highest BCUT2D eigenvalue weighted by Crippen LogP contribution is 2.27. The summed E-state index contributed by atoms with van der Waals surface area (Å²) in [5, 5.41) is 9.87. The van der Waals surface area contributed by atoms with Crippen LogP contribution in [0.1, 0.15) is 81.1 Å². The second-order valence-electron chi connectivity index (χ2n) is 17.6. The van der Waals surface area contributed by atoms with Crippen LogP contribution in [0.2, 0.25) is 15.3 Å². The Balaban J connectivity index is 0.000000270. The van der Waals surface area contributed by atoms with E-state index in [2.05, 4.69) is 40.8 Å². The van der Waals surface area contributed by atoms with Crippen LogP contribution in [0.3, 0.4) is 0 Å². The zero-order chi connectivity index (χ0) is 47.2. The standard InChI is InChI=1S/C20H26ClN5O2.C13H18Cl2N4O2.C11H16N2O2.CH4/c1-20(2,3)28-19(27)24-16-7-5-4-6-14(16)12-17-23-13-15(21)18(25-17)26-10-8-22-9-11-26;1-13(2,3)21-12(20)19-6-4-18(5-7-19)10-9(14)8-16-11(15)17-10;1-11(2,3)15-10(14)13-9-7-5-4-6-8(9)12;/h4-7,13,22H,8-12H2,1-3H3,(H,24,27);8H,4-7H2,1-3H3;4-7H,12H2,1-3H3,(H,13,14);1H4. The van der Waals surface area contributed by atoms with Gasteiger partial charge in [0.1, 0.15) is 32.7 Å². The number of hydrogen-bond acceptors (Lipinski definition) is 14. The van der Waals surface area contributed by atoms with E-state index in [1.165, 1.54) is 6.20 Å². The van der Waals surface area contributed by atoms with Gasteiger partial charge in [-0.25, -0.2) is 29.3 Å². The molecule has 2 aromatic heterocycles. The molecule has 65 heavy (non-hydrogen) atoms. The van der Waals surface area contributed by atoms with Gasteiger partial charge in [0.15, 0.2) is 11.6 Å². The van der Waals surface area contributed by atoms with Crippen molar-refractivity contribution in [3.8, 4) is 0 Å². The van der Waals surface area contributed by atoms with Gasteiger partial charge in [-0.1, -0.05) is 61.0 Å². The van der Waals surface area contributed by atoms with Crippen molar-refractivity contribution in [2.45, 2.75) is 93.0 Å². The predicted molar refractivity (Wildman–Crippen MR) is 261 cm³/mol. The second kappa shape index (κ2) is 24.2. The Hall–Kier alpha value is -5.36. The number of nitrogens with zero attached hydrogens (tertiary/aromatic N) is 7. The first kappa shape index (κ1) is 54.0. The average molecular weight is 961 g/mol. The van der Waals surface area contributed by atoms with E-state index in [1.807, 2.05) is 70.7 Å². The summed E-state index contributed by atoms with van der Waals surface area (Å²) in [5.74, 6) is 2.00. The lowest BCUT2D eigenvalue weighted by Crippen LogP contribution is -2.50. The molecule has 0 spiro atoms. The average Bonchev–Trinajstić information content (AvgIpc) is 3.20. The number of anilines is 5. The highest BCUT2D eigenvalue weighted by atomic mass is 35.5. The van der Waals surface area contributed by atoms with Gasteiger partial charge in [-0.2, -0.15) is 4.98 Å². The molecule has 356 valence electrons.